The normalized spacial score (nSPS) is 16.2. The summed E-state index contributed by atoms with van der Waals surface area (Å²) in [4.78, 5) is 0. The molecular formula is C11H25NO. The maximum absolute atomic E-state index is 5.73. The second-order valence-corrected chi connectivity index (χ2v) is 4.17. The van der Waals surface area contributed by atoms with Crippen molar-refractivity contribution in [3.8, 4) is 0 Å². The van der Waals surface area contributed by atoms with Gasteiger partial charge in [0, 0.05) is 6.04 Å². The van der Waals surface area contributed by atoms with Crippen LogP contribution in [0.4, 0.5) is 0 Å². The summed E-state index contributed by atoms with van der Waals surface area (Å²) in [6.45, 7) is 9.63. The lowest BCUT2D eigenvalue weighted by Crippen LogP contribution is -2.31. The Kier molecular flexibility index (Phi) is 7.29. The van der Waals surface area contributed by atoms with Gasteiger partial charge in [-0.05, 0) is 32.7 Å². The molecule has 0 aromatic heterocycles. The summed E-state index contributed by atoms with van der Waals surface area (Å²) in [5, 5.41) is 3.24. The standard InChI is InChI=1S/C11H25NO/c1-6-11(12-5)8-13-10(4)7-9(2)3/h9-12H,6-8H2,1-5H3. The fraction of sp³-hybridized carbons (Fsp3) is 1.00. The first-order valence-corrected chi connectivity index (χ1v) is 5.39. The summed E-state index contributed by atoms with van der Waals surface area (Å²) in [6, 6.07) is 0.509. The van der Waals surface area contributed by atoms with Gasteiger partial charge >= 0.3 is 0 Å². The fourth-order valence-corrected chi connectivity index (χ4v) is 1.42. The lowest BCUT2D eigenvalue weighted by Gasteiger charge is -2.19. The molecule has 0 heterocycles. The van der Waals surface area contributed by atoms with Gasteiger partial charge in [0.05, 0.1) is 12.7 Å². The Morgan fingerprint density at radius 2 is 1.85 bits per heavy atom. The Labute approximate surface area is 83.1 Å². The van der Waals surface area contributed by atoms with Crippen molar-refractivity contribution >= 4 is 0 Å². The van der Waals surface area contributed by atoms with Gasteiger partial charge in [0.2, 0.25) is 0 Å². The van der Waals surface area contributed by atoms with Crippen molar-refractivity contribution in [1.29, 1.82) is 0 Å². The largest absolute Gasteiger partial charge is 0.377 e. The predicted molar refractivity (Wildman–Crippen MR) is 58.0 cm³/mol. The molecule has 0 bridgehead atoms. The first-order valence-electron chi connectivity index (χ1n) is 5.39. The van der Waals surface area contributed by atoms with Gasteiger partial charge in [-0.1, -0.05) is 20.8 Å². The van der Waals surface area contributed by atoms with Crippen LogP contribution in [0.25, 0.3) is 0 Å². The average Bonchev–Trinajstić information content (AvgIpc) is 2.05. The summed E-state index contributed by atoms with van der Waals surface area (Å²) < 4.78 is 5.73. The predicted octanol–water partition coefficient (Wildman–Crippen LogP) is 2.44. The zero-order valence-electron chi connectivity index (χ0n) is 9.76. The molecule has 2 heteroatoms. The third kappa shape index (κ3) is 7.03. The number of likely N-dealkylation sites (N-methyl/N-ethyl adjacent to an activating group) is 1. The highest BCUT2D eigenvalue weighted by molar-refractivity contribution is 4.62. The molecule has 0 spiro atoms. The minimum absolute atomic E-state index is 0.391. The number of nitrogens with one attached hydrogen (secondary N) is 1. The van der Waals surface area contributed by atoms with E-state index in [9.17, 15) is 0 Å². The zero-order valence-corrected chi connectivity index (χ0v) is 9.76. The van der Waals surface area contributed by atoms with Crippen LogP contribution in [-0.2, 0) is 4.74 Å². The molecule has 0 aromatic carbocycles. The molecule has 0 amide bonds. The smallest absolute Gasteiger partial charge is 0.0623 e. The lowest BCUT2D eigenvalue weighted by atomic mass is 10.1. The van der Waals surface area contributed by atoms with Crippen molar-refractivity contribution in [3.63, 3.8) is 0 Å². The van der Waals surface area contributed by atoms with Crippen molar-refractivity contribution in [2.75, 3.05) is 13.7 Å². The molecule has 0 fully saturated rings. The molecule has 2 nitrogen and oxygen atoms in total. The van der Waals surface area contributed by atoms with Crippen molar-refractivity contribution in [1.82, 2.24) is 5.32 Å². The second kappa shape index (κ2) is 7.34. The van der Waals surface area contributed by atoms with Gasteiger partial charge in [0.15, 0.2) is 0 Å². The van der Waals surface area contributed by atoms with E-state index in [1.54, 1.807) is 0 Å². The zero-order chi connectivity index (χ0) is 10.3. The molecule has 0 saturated carbocycles. The van der Waals surface area contributed by atoms with Gasteiger partial charge in [-0.3, -0.25) is 0 Å². The first kappa shape index (κ1) is 12.9. The van der Waals surface area contributed by atoms with Gasteiger partial charge in [-0.25, -0.2) is 0 Å². The van der Waals surface area contributed by atoms with Crippen molar-refractivity contribution in [3.05, 3.63) is 0 Å². The molecule has 0 aliphatic heterocycles. The highest BCUT2D eigenvalue weighted by Gasteiger charge is 2.08. The van der Waals surface area contributed by atoms with E-state index in [2.05, 4.69) is 33.0 Å². The quantitative estimate of drug-likeness (QED) is 0.661. The summed E-state index contributed by atoms with van der Waals surface area (Å²) >= 11 is 0. The Morgan fingerprint density at radius 3 is 2.23 bits per heavy atom. The molecule has 13 heavy (non-hydrogen) atoms. The summed E-state index contributed by atoms with van der Waals surface area (Å²) in [5.41, 5.74) is 0. The van der Waals surface area contributed by atoms with Crippen LogP contribution in [0.2, 0.25) is 0 Å². The third-order valence-corrected chi connectivity index (χ3v) is 2.29. The minimum atomic E-state index is 0.391. The molecule has 0 rings (SSSR count). The van der Waals surface area contributed by atoms with Crippen LogP contribution in [0.1, 0.15) is 40.5 Å². The van der Waals surface area contributed by atoms with Gasteiger partial charge in [0.1, 0.15) is 0 Å². The lowest BCUT2D eigenvalue weighted by molar-refractivity contribution is 0.0379. The van der Waals surface area contributed by atoms with Gasteiger partial charge in [-0.2, -0.15) is 0 Å². The van der Waals surface area contributed by atoms with E-state index in [0.717, 1.165) is 25.4 Å². The van der Waals surface area contributed by atoms with Crippen LogP contribution in [0, 0.1) is 5.92 Å². The Balaban J connectivity index is 3.49. The molecule has 0 aliphatic carbocycles. The Morgan fingerprint density at radius 1 is 1.23 bits per heavy atom. The van der Waals surface area contributed by atoms with Crippen LogP contribution in [0.5, 0.6) is 0 Å². The summed E-state index contributed by atoms with van der Waals surface area (Å²) in [5.74, 6) is 0.727. The van der Waals surface area contributed by atoms with Crippen molar-refractivity contribution in [2.24, 2.45) is 5.92 Å². The number of rotatable bonds is 7. The number of hydrogen-bond donors (Lipinski definition) is 1. The monoisotopic (exact) mass is 187 g/mol. The Bertz CT molecular complexity index is 111. The summed E-state index contributed by atoms with van der Waals surface area (Å²) in [6.07, 6.45) is 2.67. The third-order valence-electron chi connectivity index (χ3n) is 2.29. The maximum atomic E-state index is 5.73. The Hall–Kier alpha value is -0.0800. The van der Waals surface area contributed by atoms with E-state index in [1.807, 2.05) is 7.05 Å². The van der Waals surface area contributed by atoms with Crippen LogP contribution in [0.15, 0.2) is 0 Å². The minimum Gasteiger partial charge on any atom is -0.377 e. The molecule has 0 aliphatic rings. The molecular weight excluding hydrogens is 162 g/mol. The van der Waals surface area contributed by atoms with Gasteiger partial charge < -0.3 is 10.1 Å². The fourth-order valence-electron chi connectivity index (χ4n) is 1.42. The maximum Gasteiger partial charge on any atom is 0.0623 e. The highest BCUT2D eigenvalue weighted by Crippen LogP contribution is 2.08. The number of hydrogen-bond acceptors (Lipinski definition) is 2. The van der Waals surface area contributed by atoms with E-state index in [4.69, 9.17) is 4.74 Å². The van der Waals surface area contributed by atoms with Gasteiger partial charge in [0.25, 0.3) is 0 Å². The number of ether oxygens (including phenoxy) is 1. The molecule has 2 atom stereocenters. The van der Waals surface area contributed by atoms with Gasteiger partial charge in [-0.15, -0.1) is 0 Å². The van der Waals surface area contributed by atoms with Crippen molar-refractivity contribution < 1.29 is 4.74 Å². The average molecular weight is 187 g/mol. The van der Waals surface area contributed by atoms with Crippen LogP contribution in [0.3, 0.4) is 0 Å². The molecule has 2 unspecified atom stereocenters. The molecule has 1 N–H and O–H groups in total. The molecule has 80 valence electrons. The van der Waals surface area contributed by atoms with E-state index < -0.39 is 0 Å². The SMILES string of the molecule is CCC(COC(C)CC(C)C)NC. The molecule has 0 aromatic rings. The second-order valence-electron chi connectivity index (χ2n) is 4.17. The van der Waals surface area contributed by atoms with Crippen LogP contribution >= 0.6 is 0 Å². The first-order chi connectivity index (χ1) is 6.10. The topological polar surface area (TPSA) is 21.3 Å². The summed E-state index contributed by atoms with van der Waals surface area (Å²) in [7, 11) is 1.99. The molecule has 0 saturated heterocycles. The molecule has 0 radical (unpaired) electrons. The van der Waals surface area contributed by atoms with E-state index >= 15 is 0 Å². The van der Waals surface area contributed by atoms with E-state index in [0.29, 0.717) is 12.1 Å². The van der Waals surface area contributed by atoms with Crippen molar-refractivity contribution in [2.45, 2.75) is 52.7 Å². The van der Waals surface area contributed by atoms with E-state index in [1.165, 1.54) is 0 Å². The van der Waals surface area contributed by atoms with Crippen LogP contribution < -0.4 is 5.32 Å². The van der Waals surface area contributed by atoms with Crippen LogP contribution in [-0.4, -0.2) is 25.8 Å². The van der Waals surface area contributed by atoms with E-state index in [-0.39, 0.29) is 0 Å². The highest BCUT2D eigenvalue weighted by atomic mass is 16.5.